The summed E-state index contributed by atoms with van der Waals surface area (Å²) in [6, 6.07) is 5.16. The van der Waals surface area contributed by atoms with Crippen LogP contribution in [0.3, 0.4) is 0 Å². The first-order chi connectivity index (χ1) is 10.5. The van der Waals surface area contributed by atoms with Crippen LogP contribution < -0.4 is 0 Å². The van der Waals surface area contributed by atoms with Gasteiger partial charge in [0.15, 0.2) is 17.3 Å². The summed E-state index contributed by atoms with van der Waals surface area (Å²) in [6.45, 7) is 5.38. The molecule has 0 saturated heterocycles. The molecule has 22 heavy (non-hydrogen) atoms. The van der Waals surface area contributed by atoms with E-state index in [0.717, 1.165) is 5.69 Å². The number of hydrogen-bond donors (Lipinski definition) is 0. The summed E-state index contributed by atoms with van der Waals surface area (Å²) in [5.74, 6) is 0.515. The van der Waals surface area contributed by atoms with Crippen molar-refractivity contribution in [2.75, 3.05) is 0 Å². The SMILES string of the molecule is Cc1cc(CC(=O)C(c2cc(C)no2)c2cc(C)no2)on1. The third kappa shape index (κ3) is 2.83. The van der Waals surface area contributed by atoms with E-state index in [0.29, 0.717) is 28.7 Å². The Labute approximate surface area is 126 Å². The van der Waals surface area contributed by atoms with Crippen LogP contribution in [0.4, 0.5) is 0 Å². The van der Waals surface area contributed by atoms with Crippen LogP contribution in [0.1, 0.15) is 40.3 Å². The van der Waals surface area contributed by atoms with Crippen molar-refractivity contribution in [2.45, 2.75) is 33.1 Å². The van der Waals surface area contributed by atoms with Gasteiger partial charge in [-0.3, -0.25) is 4.79 Å². The summed E-state index contributed by atoms with van der Waals surface area (Å²) in [7, 11) is 0. The lowest BCUT2D eigenvalue weighted by molar-refractivity contribution is -0.120. The zero-order chi connectivity index (χ0) is 15.7. The maximum atomic E-state index is 12.7. The maximum Gasteiger partial charge on any atom is 0.158 e. The number of hydrogen-bond acceptors (Lipinski definition) is 7. The lowest BCUT2D eigenvalue weighted by Gasteiger charge is -2.07. The second-order valence-electron chi connectivity index (χ2n) is 5.25. The van der Waals surface area contributed by atoms with Crippen LogP contribution in [0, 0.1) is 20.8 Å². The molecule has 0 aliphatic rings. The van der Waals surface area contributed by atoms with Crippen molar-refractivity contribution in [2.24, 2.45) is 0 Å². The minimum absolute atomic E-state index is 0.0883. The highest BCUT2D eigenvalue weighted by molar-refractivity contribution is 5.89. The molecule has 3 heterocycles. The first-order valence-corrected chi connectivity index (χ1v) is 6.84. The number of ketones is 1. The van der Waals surface area contributed by atoms with E-state index in [9.17, 15) is 4.79 Å². The van der Waals surface area contributed by atoms with Gasteiger partial charge in [0.2, 0.25) is 0 Å². The molecular weight excluding hydrogens is 286 g/mol. The van der Waals surface area contributed by atoms with Crippen LogP contribution in [-0.4, -0.2) is 21.3 Å². The van der Waals surface area contributed by atoms with Crippen molar-refractivity contribution in [1.82, 2.24) is 15.5 Å². The molecule has 0 aromatic carbocycles. The summed E-state index contributed by atoms with van der Waals surface area (Å²) in [4.78, 5) is 12.7. The fraction of sp³-hybridized carbons (Fsp3) is 0.333. The standard InChI is InChI=1S/C15H15N3O4/c1-8-4-11(20-16-8)7-12(19)15(13-5-9(2)17-21-13)14-6-10(3)18-22-14/h4-6,15H,7H2,1-3H3. The lowest BCUT2D eigenvalue weighted by Crippen LogP contribution is -2.15. The molecule has 0 atom stereocenters. The van der Waals surface area contributed by atoms with Crippen molar-refractivity contribution in [3.05, 3.63) is 52.6 Å². The predicted molar refractivity (Wildman–Crippen MR) is 74.3 cm³/mol. The van der Waals surface area contributed by atoms with E-state index in [4.69, 9.17) is 13.6 Å². The zero-order valence-corrected chi connectivity index (χ0v) is 12.5. The summed E-state index contributed by atoms with van der Waals surface area (Å²) in [6.07, 6.45) is 0.0883. The third-order valence-corrected chi connectivity index (χ3v) is 3.21. The van der Waals surface area contributed by atoms with Gasteiger partial charge in [0.1, 0.15) is 11.7 Å². The van der Waals surface area contributed by atoms with E-state index in [1.807, 2.05) is 0 Å². The highest BCUT2D eigenvalue weighted by Crippen LogP contribution is 2.28. The number of aromatic nitrogens is 3. The molecule has 7 nitrogen and oxygen atoms in total. The molecule has 0 amide bonds. The van der Waals surface area contributed by atoms with Crippen LogP contribution in [0.2, 0.25) is 0 Å². The Morgan fingerprint density at radius 3 is 1.82 bits per heavy atom. The number of carbonyl (C=O) groups excluding carboxylic acids is 1. The first kappa shape index (κ1) is 14.2. The van der Waals surface area contributed by atoms with E-state index in [1.54, 1.807) is 39.0 Å². The molecule has 0 N–H and O–H groups in total. The Hall–Kier alpha value is -2.70. The van der Waals surface area contributed by atoms with Crippen molar-refractivity contribution >= 4 is 5.78 Å². The minimum atomic E-state index is -0.701. The van der Waals surface area contributed by atoms with Gasteiger partial charge in [0, 0.05) is 18.2 Å². The zero-order valence-electron chi connectivity index (χ0n) is 12.5. The molecule has 0 aliphatic heterocycles. The van der Waals surface area contributed by atoms with Gasteiger partial charge in [-0.25, -0.2) is 0 Å². The molecule has 3 rings (SSSR count). The van der Waals surface area contributed by atoms with Crippen molar-refractivity contribution in [3.8, 4) is 0 Å². The summed E-state index contributed by atoms with van der Waals surface area (Å²) in [5.41, 5.74) is 2.12. The normalized spacial score (nSPS) is 11.3. The Bertz CT molecular complexity index is 759. The topological polar surface area (TPSA) is 95.2 Å². The number of aryl methyl sites for hydroxylation is 3. The number of rotatable bonds is 5. The molecule has 0 spiro atoms. The Morgan fingerprint density at radius 1 is 0.909 bits per heavy atom. The van der Waals surface area contributed by atoms with Gasteiger partial charge < -0.3 is 13.6 Å². The summed E-state index contributed by atoms with van der Waals surface area (Å²) < 4.78 is 15.6. The highest BCUT2D eigenvalue weighted by Gasteiger charge is 2.31. The van der Waals surface area contributed by atoms with E-state index in [1.165, 1.54) is 0 Å². The largest absolute Gasteiger partial charge is 0.361 e. The smallest absolute Gasteiger partial charge is 0.158 e. The van der Waals surface area contributed by atoms with E-state index >= 15 is 0 Å². The van der Waals surface area contributed by atoms with Crippen LogP contribution in [0.15, 0.2) is 31.8 Å². The average molecular weight is 301 g/mol. The molecule has 0 radical (unpaired) electrons. The fourth-order valence-electron chi connectivity index (χ4n) is 2.27. The molecular formula is C15H15N3O4. The third-order valence-electron chi connectivity index (χ3n) is 3.21. The Morgan fingerprint density at radius 2 is 1.41 bits per heavy atom. The second kappa shape index (κ2) is 5.59. The highest BCUT2D eigenvalue weighted by atomic mass is 16.5. The van der Waals surface area contributed by atoms with Gasteiger partial charge in [0.25, 0.3) is 0 Å². The molecule has 0 saturated carbocycles. The van der Waals surface area contributed by atoms with E-state index in [2.05, 4.69) is 15.5 Å². The fourth-order valence-corrected chi connectivity index (χ4v) is 2.27. The van der Waals surface area contributed by atoms with Gasteiger partial charge in [-0.1, -0.05) is 15.5 Å². The van der Waals surface area contributed by atoms with Crippen LogP contribution >= 0.6 is 0 Å². The Kier molecular flexibility index (Phi) is 3.62. The first-order valence-electron chi connectivity index (χ1n) is 6.84. The molecule has 3 aromatic heterocycles. The number of carbonyl (C=O) groups is 1. The average Bonchev–Trinajstić information content (AvgIpc) is 3.15. The van der Waals surface area contributed by atoms with Gasteiger partial charge in [-0.15, -0.1) is 0 Å². The molecule has 0 fully saturated rings. The van der Waals surface area contributed by atoms with E-state index < -0.39 is 5.92 Å². The molecule has 114 valence electrons. The Balaban J connectivity index is 1.92. The van der Waals surface area contributed by atoms with Crippen LogP contribution in [-0.2, 0) is 11.2 Å². The number of Topliss-reactive ketones (excluding diaryl/α,β-unsaturated/α-hetero) is 1. The molecule has 3 aromatic rings. The van der Waals surface area contributed by atoms with Crippen LogP contribution in [0.5, 0.6) is 0 Å². The van der Waals surface area contributed by atoms with Crippen molar-refractivity contribution in [1.29, 1.82) is 0 Å². The quantitative estimate of drug-likeness (QED) is 0.714. The molecule has 7 heteroatoms. The monoisotopic (exact) mass is 301 g/mol. The molecule has 0 bridgehead atoms. The van der Waals surface area contributed by atoms with Gasteiger partial charge in [-0.2, -0.15) is 0 Å². The summed E-state index contributed by atoms with van der Waals surface area (Å²) in [5, 5.41) is 11.5. The second-order valence-corrected chi connectivity index (χ2v) is 5.25. The van der Waals surface area contributed by atoms with Gasteiger partial charge in [-0.05, 0) is 20.8 Å². The number of nitrogens with zero attached hydrogens (tertiary/aromatic N) is 3. The molecule has 0 aliphatic carbocycles. The lowest BCUT2D eigenvalue weighted by atomic mass is 9.94. The summed E-state index contributed by atoms with van der Waals surface area (Å²) >= 11 is 0. The predicted octanol–water partition coefficient (Wildman–Crippen LogP) is 2.52. The van der Waals surface area contributed by atoms with Crippen molar-refractivity contribution in [3.63, 3.8) is 0 Å². The minimum Gasteiger partial charge on any atom is -0.361 e. The molecule has 0 unspecified atom stereocenters. The van der Waals surface area contributed by atoms with Gasteiger partial charge in [0.05, 0.1) is 23.5 Å². The van der Waals surface area contributed by atoms with Gasteiger partial charge >= 0.3 is 0 Å². The van der Waals surface area contributed by atoms with Crippen LogP contribution in [0.25, 0.3) is 0 Å². The maximum absolute atomic E-state index is 12.7. The van der Waals surface area contributed by atoms with Crippen molar-refractivity contribution < 1.29 is 18.4 Å². The van der Waals surface area contributed by atoms with E-state index in [-0.39, 0.29) is 12.2 Å².